The second kappa shape index (κ2) is 7.45. The van der Waals surface area contributed by atoms with Gasteiger partial charge in [-0.1, -0.05) is 25.1 Å². The van der Waals surface area contributed by atoms with E-state index in [9.17, 15) is 4.79 Å². The van der Waals surface area contributed by atoms with E-state index in [1.54, 1.807) is 0 Å². The van der Waals surface area contributed by atoms with Crippen LogP contribution in [-0.4, -0.2) is 5.91 Å². The molecule has 0 fully saturated rings. The Kier molecular flexibility index (Phi) is 5.61. The van der Waals surface area contributed by atoms with Crippen LogP contribution >= 0.6 is 15.9 Å². The first-order chi connectivity index (χ1) is 10.5. The summed E-state index contributed by atoms with van der Waals surface area (Å²) in [6, 6.07) is 11.8. The number of hydrogen-bond acceptors (Lipinski definition) is 2. The zero-order valence-corrected chi connectivity index (χ0v) is 14.7. The van der Waals surface area contributed by atoms with Crippen LogP contribution in [0.1, 0.15) is 30.0 Å². The second-order valence-electron chi connectivity index (χ2n) is 5.21. The number of halogens is 1. The van der Waals surface area contributed by atoms with Gasteiger partial charge < -0.3 is 10.1 Å². The molecule has 116 valence electrons. The van der Waals surface area contributed by atoms with Gasteiger partial charge in [0.2, 0.25) is 5.91 Å². The molecule has 1 amide bonds. The minimum Gasteiger partial charge on any atom is -0.488 e. The van der Waals surface area contributed by atoms with Crippen molar-refractivity contribution in [1.82, 2.24) is 0 Å². The van der Waals surface area contributed by atoms with Gasteiger partial charge in [-0.15, -0.1) is 0 Å². The van der Waals surface area contributed by atoms with E-state index in [0.29, 0.717) is 13.0 Å². The molecule has 0 unspecified atom stereocenters. The van der Waals surface area contributed by atoms with Crippen LogP contribution in [0.15, 0.2) is 40.9 Å². The number of carbonyl (C=O) groups is 1. The van der Waals surface area contributed by atoms with Crippen molar-refractivity contribution >= 4 is 27.5 Å². The minimum atomic E-state index is -0.000175. The van der Waals surface area contributed by atoms with Crippen LogP contribution < -0.4 is 10.1 Å². The van der Waals surface area contributed by atoms with Gasteiger partial charge in [-0.2, -0.15) is 0 Å². The molecule has 0 bridgehead atoms. The van der Waals surface area contributed by atoms with Gasteiger partial charge in [0, 0.05) is 17.7 Å². The maximum atomic E-state index is 11.6. The number of carbonyl (C=O) groups excluding carboxylic acids is 1. The summed E-state index contributed by atoms with van der Waals surface area (Å²) in [5, 5.41) is 2.90. The summed E-state index contributed by atoms with van der Waals surface area (Å²) < 4.78 is 6.85. The zero-order valence-electron chi connectivity index (χ0n) is 13.1. The van der Waals surface area contributed by atoms with Gasteiger partial charge in [-0.05, 0) is 59.1 Å². The van der Waals surface area contributed by atoms with Gasteiger partial charge in [-0.25, -0.2) is 0 Å². The molecule has 0 saturated heterocycles. The van der Waals surface area contributed by atoms with Crippen LogP contribution in [0.5, 0.6) is 5.75 Å². The summed E-state index contributed by atoms with van der Waals surface area (Å²) in [5.74, 6) is 0.805. The predicted molar refractivity (Wildman–Crippen MR) is 93.3 cm³/mol. The van der Waals surface area contributed by atoms with Crippen LogP contribution in [0.3, 0.4) is 0 Å². The van der Waals surface area contributed by atoms with Gasteiger partial charge in [0.05, 0.1) is 4.47 Å². The van der Waals surface area contributed by atoms with Gasteiger partial charge >= 0.3 is 0 Å². The van der Waals surface area contributed by atoms with Crippen molar-refractivity contribution in [2.24, 2.45) is 0 Å². The number of para-hydroxylation sites is 1. The first-order valence-corrected chi connectivity index (χ1v) is 8.08. The summed E-state index contributed by atoms with van der Waals surface area (Å²) in [7, 11) is 0. The van der Waals surface area contributed by atoms with E-state index in [0.717, 1.165) is 21.5 Å². The molecule has 1 N–H and O–H groups in total. The van der Waals surface area contributed by atoms with Gasteiger partial charge in [0.25, 0.3) is 0 Å². The fourth-order valence-electron chi connectivity index (χ4n) is 2.03. The third-order valence-corrected chi connectivity index (χ3v) is 4.16. The molecule has 0 heterocycles. The Labute approximate surface area is 139 Å². The summed E-state index contributed by atoms with van der Waals surface area (Å²) >= 11 is 3.53. The lowest BCUT2D eigenvalue weighted by molar-refractivity contribution is -0.115. The molecule has 0 spiro atoms. The number of aryl methyl sites for hydroxylation is 2. The summed E-state index contributed by atoms with van der Waals surface area (Å²) in [4.78, 5) is 11.6. The molecule has 3 nitrogen and oxygen atoms in total. The second-order valence-corrected chi connectivity index (χ2v) is 6.07. The Balaban J connectivity index is 2.15. The van der Waals surface area contributed by atoms with E-state index in [1.807, 2.05) is 37.3 Å². The summed E-state index contributed by atoms with van der Waals surface area (Å²) in [5.41, 5.74) is 4.16. The lowest BCUT2D eigenvalue weighted by Gasteiger charge is -2.14. The summed E-state index contributed by atoms with van der Waals surface area (Å²) in [6.45, 7) is 6.37. The normalized spacial score (nSPS) is 10.4. The smallest absolute Gasteiger partial charge is 0.224 e. The maximum absolute atomic E-state index is 11.6. The molecule has 0 radical (unpaired) electrons. The predicted octanol–water partition coefficient (Wildman–Crippen LogP) is 4.99. The lowest BCUT2D eigenvalue weighted by Crippen LogP contribution is -2.12. The van der Waals surface area contributed by atoms with Crippen molar-refractivity contribution in [3.63, 3.8) is 0 Å². The molecule has 0 atom stereocenters. The quantitative estimate of drug-likeness (QED) is 0.814. The van der Waals surface area contributed by atoms with Gasteiger partial charge in [0.1, 0.15) is 12.4 Å². The van der Waals surface area contributed by atoms with E-state index < -0.39 is 0 Å². The SMILES string of the molecule is CCC(=O)Nc1ccccc1COc1cc(C)c(C)cc1Br. The van der Waals surface area contributed by atoms with Gasteiger partial charge in [-0.3, -0.25) is 4.79 Å². The van der Waals surface area contributed by atoms with Crippen molar-refractivity contribution < 1.29 is 9.53 Å². The van der Waals surface area contributed by atoms with Crippen LogP contribution in [0.25, 0.3) is 0 Å². The Morgan fingerprint density at radius 2 is 1.86 bits per heavy atom. The lowest BCUT2D eigenvalue weighted by atomic mass is 10.1. The van der Waals surface area contributed by atoms with Crippen molar-refractivity contribution in [2.45, 2.75) is 33.8 Å². The number of ether oxygens (including phenoxy) is 1. The molecule has 2 rings (SSSR count). The van der Waals surface area contributed by atoms with Crippen LogP contribution in [0.2, 0.25) is 0 Å². The molecule has 0 aliphatic carbocycles. The molecular formula is C18H20BrNO2. The highest BCUT2D eigenvalue weighted by molar-refractivity contribution is 9.10. The molecule has 4 heteroatoms. The molecule has 0 aliphatic heterocycles. The number of nitrogens with one attached hydrogen (secondary N) is 1. The highest BCUT2D eigenvalue weighted by Gasteiger charge is 2.08. The zero-order chi connectivity index (χ0) is 16.1. The van der Waals surface area contributed by atoms with Crippen LogP contribution in [0, 0.1) is 13.8 Å². The fraction of sp³-hybridized carbons (Fsp3) is 0.278. The molecule has 0 aromatic heterocycles. The van der Waals surface area contributed by atoms with Crippen molar-refractivity contribution in [1.29, 1.82) is 0 Å². The Bertz CT molecular complexity index is 683. The average Bonchev–Trinajstić information content (AvgIpc) is 2.50. The van der Waals surface area contributed by atoms with Gasteiger partial charge in [0.15, 0.2) is 0 Å². The molecule has 0 aliphatic rings. The van der Waals surface area contributed by atoms with Crippen LogP contribution in [0.4, 0.5) is 5.69 Å². The Morgan fingerprint density at radius 3 is 2.59 bits per heavy atom. The largest absolute Gasteiger partial charge is 0.488 e. The number of anilines is 1. The number of hydrogen-bond donors (Lipinski definition) is 1. The first-order valence-electron chi connectivity index (χ1n) is 7.28. The molecule has 22 heavy (non-hydrogen) atoms. The minimum absolute atomic E-state index is 0.000175. The molecule has 2 aromatic carbocycles. The Morgan fingerprint density at radius 1 is 1.18 bits per heavy atom. The Hall–Kier alpha value is -1.81. The van der Waals surface area contributed by atoms with E-state index in [1.165, 1.54) is 11.1 Å². The highest BCUT2D eigenvalue weighted by Crippen LogP contribution is 2.29. The number of benzene rings is 2. The average molecular weight is 362 g/mol. The monoisotopic (exact) mass is 361 g/mol. The summed E-state index contributed by atoms with van der Waals surface area (Å²) in [6.07, 6.45) is 0.456. The highest BCUT2D eigenvalue weighted by atomic mass is 79.9. The van der Waals surface area contributed by atoms with E-state index in [-0.39, 0.29) is 5.91 Å². The van der Waals surface area contributed by atoms with Crippen molar-refractivity contribution in [2.75, 3.05) is 5.32 Å². The van der Waals surface area contributed by atoms with Crippen molar-refractivity contribution in [3.05, 3.63) is 57.6 Å². The molecule has 2 aromatic rings. The van der Waals surface area contributed by atoms with E-state index in [2.05, 4.69) is 41.2 Å². The number of rotatable bonds is 5. The van der Waals surface area contributed by atoms with Crippen molar-refractivity contribution in [3.8, 4) is 5.75 Å². The number of amides is 1. The standard InChI is InChI=1S/C18H20BrNO2/c1-4-18(21)20-16-8-6-5-7-14(16)11-22-17-10-13(3)12(2)9-15(17)19/h5-10H,4,11H2,1-3H3,(H,20,21). The molecule has 0 saturated carbocycles. The van der Waals surface area contributed by atoms with Crippen LogP contribution in [-0.2, 0) is 11.4 Å². The maximum Gasteiger partial charge on any atom is 0.224 e. The fourth-order valence-corrected chi connectivity index (χ4v) is 2.60. The third kappa shape index (κ3) is 4.10. The first kappa shape index (κ1) is 16.6. The topological polar surface area (TPSA) is 38.3 Å². The van der Waals surface area contributed by atoms with E-state index >= 15 is 0 Å². The molecular weight excluding hydrogens is 342 g/mol. The van der Waals surface area contributed by atoms with E-state index in [4.69, 9.17) is 4.74 Å². The third-order valence-electron chi connectivity index (χ3n) is 3.54.